The van der Waals surface area contributed by atoms with Gasteiger partial charge in [-0.15, -0.1) is 0 Å². The number of ether oxygens (including phenoxy) is 1. The molecule has 34 heavy (non-hydrogen) atoms. The van der Waals surface area contributed by atoms with Crippen LogP contribution in [0.2, 0.25) is 0 Å². The molecule has 0 saturated heterocycles. The van der Waals surface area contributed by atoms with Gasteiger partial charge in [0.1, 0.15) is 5.54 Å². The maximum absolute atomic E-state index is 13.2. The Morgan fingerprint density at radius 2 is 1.56 bits per heavy atom. The summed E-state index contributed by atoms with van der Waals surface area (Å²) in [5.41, 5.74) is -3.71. The van der Waals surface area contributed by atoms with Crippen molar-refractivity contribution in [3.8, 4) is 0 Å². The maximum Gasteiger partial charge on any atom is 0.416 e. The van der Waals surface area contributed by atoms with Crippen LogP contribution in [0.3, 0.4) is 0 Å². The van der Waals surface area contributed by atoms with Crippen LogP contribution in [-0.2, 0) is 27.3 Å². The van der Waals surface area contributed by atoms with Gasteiger partial charge in [-0.05, 0) is 49.1 Å². The molecule has 1 fully saturated rings. The minimum Gasteiger partial charge on any atom is -0.373 e. The molecule has 0 radical (unpaired) electrons. The summed E-state index contributed by atoms with van der Waals surface area (Å²) >= 11 is 0. The van der Waals surface area contributed by atoms with Crippen LogP contribution in [0.1, 0.15) is 48.1 Å². The molecule has 2 aliphatic rings. The molecular weight excluding hydrogens is 462 g/mol. The Labute approximate surface area is 192 Å². The van der Waals surface area contributed by atoms with Gasteiger partial charge in [-0.25, -0.2) is 0 Å². The first-order chi connectivity index (χ1) is 15.8. The number of aliphatic imine (C=N–C) groups is 1. The third kappa shape index (κ3) is 4.31. The number of hydrogen-bond acceptors (Lipinski definition) is 3. The molecule has 1 aliphatic heterocycles. The van der Waals surface area contributed by atoms with E-state index in [0.29, 0.717) is 25.0 Å². The third-order valence-electron chi connectivity index (χ3n) is 6.53. The van der Waals surface area contributed by atoms with Crippen LogP contribution in [0.25, 0.3) is 0 Å². The highest BCUT2D eigenvalue weighted by Gasteiger charge is 2.62. The Kier molecular flexibility index (Phi) is 5.78. The quantitative estimate of drug-likeness (QED) is 0.506. The smallest absolute Gasteiger partial charge is 0.373 e. The molecule has 182 valence electrons. The number of nitrogens with zero attached hydrogens (tertiary/aromatic N) is 2. The zero-order valence-electron chi connectivity index (χ0n) is 18.4. The number of carbonyl (C=O) groups is 1. The zero-order valence-corrected chi connectivity index (χ0v) is 18.4. The van der Waals surface area contributed by atoms with E-state index in [1.54, 1.807) is 7.05 Å². The van der Waals surface area contributed by atoms with Crippen molar-refractivity contribution in [1.29, 1.82) is 0 Å². The maximum atomic E-state index is 13.2. The summed E-state index contributed by atoms with van der Waals surface area (Å²) in [6, 6.07) is 10.6. The van der Waals surface area contributed by atoms with Crippen molar-refractivity contribution >= 4 is 12.2 Å². The summed E-state index contributed by atoms with van der Waals surface area (Å²) in [7, 11) is 1.60. The second kappa shape index (κ2) is 8.11. The van der Waals surface area contributed by atoms with Gasteiger partial charge in [0, 0.05) is 12.5 Å². The number of halogens is 6. The summed E-state index contributed by atoms with van der Waals surface area (Å²) in [5.74, 6) is -0.153. The average molecular weight is 484 g/mol. The molecule has 2 aromatic carbocycles. The van der Waals surface area contributed by atoms with Crippen molar-refractivity contribution in [2.45, 2.75) is 49.2 Å². The molecule has 10 heteroatoms. The van der Waals surface area contributed by atoms with Crippen LogP contribution in [-0.4, -0.2) is 36.3 Å². The van der Waals surface area contributed by atoms with Crippen LogP contribution >= 0.6 is 0 Å². The average Bonchev–Trinajstić information content (AvgIpc) is 3.04. The van der Waals surface area contributed by atoms with Gasteiger partial charge in [-0.1, -0.05) is 30.3 Å². The van der Waals surface area contributed by atoms with Crippen molar-refractivity contribution in [1.82, 2.24) is 4.90 Å². The summed E-state index contributed by atoms with van der Waals surface area (Å²) < 4.78 is 85.3. The number of alkyl halides is 6. The lowest BCUT2D eigenvalue weighted by molar-refractivity contribution is -0.143. The largest absolute Gasteiger partial charge is 0.416 e. The van der Waals surface area contributed by atoms with Gasteiger partial charge in [0.2, 0.25) is 0 Å². The molecule has 1 spiro atoms. The molecule has 1 amide bonds. The first kappa shape index (κ1) is 24.3. The summed E-state index contributed by atoms with van der Waals surface area (Å²) in [4.78, 5) is 18.4. The normalized spacial score (nSPS) is 25.6. The number of hydrogen-bond donors (Lipinski definition) is 0. The Bertz CT molecular complexity index is 1070. The monoisotopic (exact) mass is 484 g/mol. The summed E-state index contributed by atoms with van der Waals surface area (Å²) in [5, 5.41) is 0. The van der Waals surface area contributed by atoms with Crippen molar-refractivity contribution in [2.75, 3.05) is 13.7 Å². The fourth-order valence-corrected chi connectivity index (χ4v) is 4.72. The number of benzene rings is 2. The molecule has 1 aliphatic carbocycles. The predicted molar refractivity (Wildman–Crippen MR) is 112 cm³/mol. The lowest BCUT2D eigenvalue weighted by Gasteiger charge is -2.52. The molecule has 1 heterocycles. The lowest BCUT2D eigenvalue weighted by Crippen LogP contribution is -2.60. The Morgan fingerprint density at radius 1 is 1.00 bits per heavy atom. The van der Waals surface area contributed by atoms with Gasteiger partial charge < -0.3 is 9.64 Å². The van der Waals surface area contributed by atoms with Crippen molar-refractivity contribution in [3.05, 3.63) is 70.8 Å². The Morgan fingerprint density at radius 3 is 2.03 bits per heavy atom. The van der Waals surface area contributed by atoms with Gasteiger partial charge in [-0.2, -0.15) is 26.3 Å². The van der Waals surface area contributed by atoms with Crippen molar-refractivity contribution in [2.24, 2.45) is 4.99 Å². The molecule has 1 unspecified atom stereocenters. The first-order valence-electron chi connectivity index (χ1n) is 10.5. The van der Waals surface area contributed by atoms with E-state index in [1.165, 1.54) is 18.2 Å². The molecule has 0 aromatic heterocycles. The lowest BCUT2D eigenvalue weighted by atomic mass is 9.54. The van der Waals surface area contributed by atoms with E-state index in [4.69, 9.17) is 4.74 Å². The second-order valence-electron chi connectivity index (χ2n) is 8.98. The SMILES string of the molecule is CC(OCC1(c2ccccc2)CC2(C1)N=CN(C)C2=O)c1cc(C(F)(F)F)cc(C(F)(F)F)c1. The van der Waals surface area contributed by atoms with Gasteiger partial charge in [0.25, 0.3) is 5.91 Å². The fraction of sp³-hybridized carbons (Fsp3) is 0.417. The molecule has 2 aromatic rings. The molecule has 0 N–H and O–H groups in total. The van der Waals surface area contributed by atoms with Gasteiger partial charge >= 0.3 is 12.4 Å². The van der Waals surface area contributed by atoms with Crippen molar-refractivity contribution < 1.29 is 35.9 Å². The topological polar surface area (TPSA) is 41.9 Å². The Hall–Kier alpha value is -2.88. The van der Waals surface area contributed by atoms with E-state index in [1.807, 2.05) is 30.3 Å². The minimum absolute atomic E-state index is 0.00401. The predicted octanol–water partition coefficient (Wildman–Crippen LogP) is 5.77. The van der Waals surface area contributed by atoms with E-state index >= 15 is 0 Å². The standard InChI is InChI=1S/C24H22F6N2O2/c1-15(16-8-18(23(25,26)27)10-19(9-16)24(28,29)30)34-13-21(17-6-4-3-5-7-17)11-22(12-21)20(33)32(2)14-31-22/h3-10,14-15H,11-13H2,1-2H3. The van der Waals surface area contributed by atoms with Crippen LogP contribution in [0, 0.1) is 0 Å². The van der Waals surface area contributed by atoms with E-state index in [2.05, 4.69) is 4.99 Å². The molecular formula is C24H22F6N2O2. The first-order valence-corrected chi connectivity index (χ1v) is 10.5. The van der Waals surface area contributed by atoms with E-state index in [0.717, 1.165) is 5.56 Å². The molecule has 1 atom stereocenters. The van der Waals surface area contributed by atoms with Crippen LogP contribution in [0.4, 0.5) is 26.3 Å². The second-order valence-corrected chi connectivity index (χ2v) is 8.98. The van der Waals surface area contributed by atoms with Gasteiger partial charge in [0.05, 0.1) is 30.2 Å². The minimum atomic E-state index is -4.94. The van der Waals surface area contributed by atoms with Crippen LogP contribution in [0.5, 0.6) is 0 Å². The van der Waals surface area contributed by atoms with E-state index in [9.17, 15) is 31.1 Å². The Balaban J connectivity index is 1.60. The number of carbonyl (C=O) groups excluding carboxylic acids is 1. The highest BCUT2D eigenvalue weighted by atomic mass is 19.4. The molecule has 1 saturated carbocycles. The molecule has 0 bridgehead atoms. The molecule has 4 rings (SSSR count). The van der Waals surface area contributed by atoms with Crippen molar-refractivity contribution in [3.63, 3.8) is 0 Å². The van der Waals surface area contributed by atoms with E-state index in [-0.39, 0.29) is 24.1 Å². The highest BCUT2D eigenvalue weighted by Crippen LogP contribution is 2.55. The summed E-state index contributed by atoms with van der Waals surface area (Å²) in [6.45, 7) is 1.42. The van der Waals surface area contributed by atoms with E-state index < -0.39 is 40.5 Å². The number of rotatable bonds is 5. The fourth-order valence-electron chi connectivity index (χ4n) is 4.72. The van der Waals surface area contributed by atoms with Gasteiger partial charge in [-0.3, -0.25) is 9.79 Å². The highest BCUT2D eigenvalue weighted by molar-refractivity contribution is 6.01. The van der Waals surface area contributed by atoms with Crippen LogP contribution in [0.15, 0.2) is 53.5 Å². The number of amides is 1. The summed E-state index contributed by atoms with van der Waals surface area (Å²) in [6.07, 6.45) is -8.81. The molecule has 4 nitrogen and oxygen atoms in total. The van der Waals surface area contributed by atoms with Crippen LogP contribution < -0.4 is 0 Å². The van der Waals surface area contributed by atoms with Gasteiger partial charge in [0.15, 0.2) is 0 Å². The third-order valence-corrected chi connectivity index (χ3v) is 6.53. The zero-order chi connectivity index (χ0) is 24.9. The number of likely N-dealkylation sites (N-methyl/N-ethyl adjacent to an activating group) is 1.